The van der Waals surface area contributed by atoms with Crippen LogP contribution < -0.4 is 11.2 Å². The zero-order chi connectivity index (χ0) is 13.1. The molecule has 1 saturated heterocycles. The van der Waals surface area contributed by atoms with E-state index in [0.717, 1.165) is 0 Å². The molecule has 0 bridgehead atoms. The molecular weight excluding hydrogens is 264 g/mol. The van der Waals surface area contributed by atoms with Crippen LogP contribution in [0.4, 0.5) is 0 Å². The molecule has 0 aliphatic carbocycles. The maximum atomic E-state index is 11.6. The van der Waals surface area contributed by atoms with E-state index in [4.69, 9.17) is 26.2 Å². The van der Waals surface area contributed by atoms with Gasteiger partial charge in [0.15, 0.2) is 12.5 Å². The van der Waals surface area contributed by atoms with Gasteiger partial charge in [0.2, 0.25) is 0 Å². The maximum absolute atomic E-state index is 11.6. The Balaban J connectivity index is 2.36. The lowest BCUT2D eigenvalue weighted by Crippen LogP contribution is -2.34. The van der Waals surface area contributed by atoms with E-state index in [-0.39, 0.29) is 18.8 Å². The lowest BCUT2D eigenvalue weighted by Gasteiger charge is -2.12. The molecule has 1 fully saturated rings. The Kier molecular flexibility index (Phi) is 3.97. The van der Waals surface area contributed by atoms with Gasteiger partial charge in [0.05, 0.1) is 18.8 Å². The molecule has 8 heteroatoms. The molecule has 0 spiro atoms. The highest BCUT2D eigenvalue weighted by Gasteiger charge is 2.27. The Bertz CT molecular complexity index is 564. The summed E-state index contributed by atoms with van der Waals surface area (Å²) < 4.78 is 11.5. The van der Waals surface area contributed by atoms with Crippen LogP contribution in [0.1, 0.15) is 11.8 Å². The second-order valence-electron chi connectivity index (χ2n) is 3.58. The highest BCUT2D eigenvalue weighted by Crippen LogP contribution is 2.18. The van der Waals surface area contributed by atoms with Crippen LogP contribution in [-0.4, -0.2) is 34.2 Å². The Morgan fingerprint density at radius 2 is 2.39 bits per heavy atom. The number of nitrogens with one attached hydrogen (secondary N) is 1. The predicted molar refractivity (Wildman–Crippen MR) is 63.2 cm³/mol. The van der Waals surface area contributed by atoms with Crippen molar-refractivity contribution >= 4 is 17.7 Å². The molecule has 2 atom stereocenters. The van der Waals surface area contributed by atoms with E-state index >= 15 is 0 Å². The van der Waals surface area contributed by atoms with Crippen LogP contribution in [-0.2, 0) is 9.47 Å². The summed E-state index contributed by atoms with van der Waals surface area (Å²) in [6.45, 7) is -0.190. The molecule has 0 saturated carbocycles. The minimum absolute atomic E-state index is 0.112. The lowest BCUT2D eigenvalue weighted by atomic mass is 10.3. The van der Waals surface area contributed by atoms with E-state index in [1.54, 1.807) is 0 Å². The highest BCUT2D eigenvalue weighted by atomic mass is 35.5. The van der Waals surface area contributed by atoms with Gasteiger partial charge in [0.25, 0.3) is 5.56 Å². The predicted octanol–water partition coefficient (Wildman–Crippen LogP) is -0.390. The van der Waals surface area contributed by atoms with Gasteiger partial charge in [-0.15, -0.1) is 0 Å². The van der Waals surface area contributed by atoms with Crippen molar-refractivity contribution in [3.8, 4) is 0 Å². The number of aromatic nitrogens is 2. The standard InChI is InChI=1S/C10H11ClN2O5/c11-2-1-6-3-13(10(16)12-9(6)15)7-5-17-8(4-14)18-7/h1-3,7-8,14H,4-5H2,(H,12,15,16)/t7-,8-/m0/s1. The molecule has 2 rings (SSSR count). The van der Waals surface area contributed by atoms with Gasteiger partial charge >= 0.3 is 5.69 Å². The minimum atomic E-state index is -0.763. The maximum Gasteiger partial charge on any atom is 0.330 e. The van der Waals surface area contributed by atoms with Gasteiger partial charge in [0.1, 0.15) is 0 Å². The average Bonchev–Trinajstić information content (AvgIpc) is 2.81. The van der Waals surface area contributed by atoms with E-state index in [2.05, 4.69) is 4.98 Å². The molecule has 7 nitrogen and oxygen atoms in total. The quantitative estimate of drug-likeness (QED) is 0.783. The first-order valence-electron chi connectivity index (χ1n) is 5.16. The normalized spacial score (nSPS) is 23.9. The molecule has 1 aliphatic rings. The second kappa shape index (κ2) is 5.49. The van der Waals surface area contributed by atoms with Gasteiger partial charge in [-0.3, -0.25) is 14.3 Å². The number of ether oxygens (including phenoxy) is 2. The number of aliphatic hydroxyl groups excluding tert-OH is 1. The van der Waals surface area contributed by atoms with Gasteiger partial charge in [-0.25, -0.2) is 4.79 Å². The van der Waals surface area contributed by atoms with Crippen LogP contribution in [0.25, 0.3) is 6.08 Å². The van der Waals surface area contributed by atoms with Crippen molar-refractivity contribution in [1.82, 2.24) is 9.55 Å². The molecule has 1 aromatic rings. The van der Waals surface area contributed by atoms with Crippen LogP contribution >= 0.6 is 11.6 Å². The summed E-state index contributed by atoms with van der Waals surface area (Å²) in [5.41, 5.74) is 0.243. The van der Waals surface area contributed by atoms with Gasteiger partial charge in [-0.05, 0) is 6.08 Å². The topological polar surface area (TPSA) is 93.6 Å². The van der Waals surface area contributed by atoms with Gasteiger partial charge in [0, 0.05) is 11.7 Å². The number of H-pyrrole nitrogens is 1. The summed E-state index contributed by atoms with van der Waals surface area (Å²) in [5, 5.41) is 8.86. The zero-order valence-electron chi connectivity index (χ0n) is 9.21. The summed E-state index contributed by atoms with van der Waals surface area (Å²) in [5.74, 6) is 0. The average molecular weight is 275 g/mol. The fourth-order valence-electron chi connectivity index (χ4n) is 1.59. The summed E-state index contributed by atoms with van der Waals surface area (Å²) >= 11 is 5.40. The minimum Gasteiger partial charge on any atom is -0.391 e. The molecule has 1 aromatic heterocycles. The molecule has 1 aliphatic heterocycles. The third kappa shape index (κ3) is 2.54. The number of hydrogen-bond donors (Lipinski definition) is 2. The van der Waals surface area contributed by atoms with E-state index in [1.807, 2.05) is 0 Å². The highest BCUT2D eigenvalue weighted by molar-refractivity contribution is 6.27. The fraction of sp³-hybridized carbons (Fsp3) is 0.400. The number of rotatable bonds is 3. The van der Waals surface area contributed by atoms with Crippen LogP contribution in [0.2, 0.25) is 0 Å². The van der Waals surface area contributed by atoms with Crippen LogP contribution in [0.15, 0.2) is 21.3 Å². The molecule has 0 amide bonds. The van der Waals surface area contributed by atoms with Crippen LogP contribution in [0.3, 0.4) is 0 Å². The fourth-order valence-corrected chi connectivity index (χ4v) is 1.72. The first-order chi connectivity index (χ1) is 8.65. The molecule has 18 heavy (non-hydrogen) atoms. The third-order valence-electron chi connectivity index (χ3n) is 2.43. The van der Waals surface area contributed by atoms with E-state index in [0.29, 0.717) is 0 Å². The van der Waals surface area contributed by atoms with Crippen molar-refractivity contribution in [3.05, 3.63) is 38.1 Å². The first-order valence-corrected chi connectivity index (χ1v) is 5.59. The third-order valence-corrected chi connectivity index (χ3v) is 2.56. The molecule has 2 heterocycles. The number of halogens is 1. The zero-order valence-corrected chi connectivity index (χ0v) is 9.96. The monoisotopic (exact) mass is 274 g/mol. The van der Waals surface area contributed by atoms with Gasteiger partial charge < -0.3 is 14.6 Å². The molecule has 98 valence electrons. The first kappa shape index (κ1) is 13.0. The van der Waals surface area contributed by atoms with Gasteiger partial charge in [-0.2, -0.15) is 0 Å². The van der Waals surface area contributed by atoms with Crippen molar-refractivity contribution in [2.24, 2.45) is 0 Å². The summed E-state index contributed by atoms with van der Waals surface area (Å²) in [6, 6.07) is 0. The van der Waals surface area contributed by atoms with E-state index < -0.39 is 23.8 Å². The molecule has 0 radical (unpaired) electrons. The molecule has 2 N–H and O–H groups in total. The Hall–Kier alpha value is -1.41. The number of aromatic amines is 1. The summed E-state index contributed by atoms with van der Waals surface area (Å²) in [7, 11) is 0. The largest absolute Gasteiger partial charge is 0.391 e. The van der Waals surface area contributed by atoms with Crippen molar-refractivity contribution in [2.45, 2.75) is 12.5 Å². The molecular formula is C10H11ClN2O5. The van der Waals surface area contributed by atoms with Crippen molar-refractivity contribution in [2.75, 3.05) is 13.2 Å². The van der Waals surface area contributed by atoms with Crippen LogP contribution in [0, 0.1) is 0 Å². The smallest absolute Gasteiger partial charge is 0.330 e. The second-order valence-corrected chi connectivity index (χ2v) is 3.83. The Morgan fingerprint density at radius 1 is 1.61 bits per heavy atom. The van der Waals surface area contributed by atoms with Crippen LogP contribution in [0.5, 0.6) is 0 Å². The summed E-state index contributed by atoms with van der Waals surface area (Å²) in [4.78, 5) is 25.2. The number of hydrogen-bond acceptors (Lipinski definition) is 5. The number of nitrogens with zero attached hydrogens (tertiary/aromatic N) is 1. The Morgan fingerprint density at radius 3 is 3.00 bits per heavy atom. The molecule has 0 aromatic carbocycles. The van der Waals surface area contributed by atoms with E-state index in [1.165, 1.54) is 22.4 Å². The molecule has 0 unspecified atom stereocenters. The van der Waals surface area contributed by atoms with Crippen molar-refractivity contribution in [3.63, 3.8) is 0 Å². The van der Waals surface area contributed by atoms with E-state index in [9.17, 15) is 9.59 Å². The summed E-state index contributed by atoms with van der Waals surface area (Å²) in [6.07, 6.45) is 1.23. The van der Waals surface area contributed by atoms with Crippen molar-refractivity contribution in [1.29, 1.82) is 0 Å². The van der Waals surface area contributed by atoms with Gasteiger partial charge in [-0.1, -0.05) is 11.6 Å². The lowest BCUT2D eigenvalue weighted by molar-refractivity contribution is -0.0993. The number of aliphatic hydroxyl groups is 1. The van der Waals surface area contributed by atoms with Crippen molar-refractivity contribution < 1.29 is 14.6 Å². The Labute approximate surface area is 106 Å². The SMILES string of the molecule is O=c1[nH]c(=O)n([C@@H]2CO[C@H](CO)O2)cc1C=CCl.